The lowest BCUT2D eigenvalue weighted by molar-refractivity contribution is -0.133. The van der Waals surface area contributed by atoms with Crippen LogP contribution in [0.4, 0.5) is 5.69 Å². The van der Waals surface area contributed by atoms with E-state index in [1.165, 1.54) is 5.69 Å². The third-order valence-electron chi connectivity index (χ3n) is 4.89. The van der Waals surface area contributed by atoms with Crippen LogP contribution < -0.4 is 16.0 Å². The molecule has 1 aliphatic heterocycles. The third-order valence-corrected chi connectivity index (χ3v) is 4.89. The van der Waals surface area contributed by atoms with Gasteiger partial charge in [-0.3, -0.25) is 9.59 Å². The molecular formula is C21H26N4O2. The van der Waals surface area contributed by atoms with E-state index in [9.17, 15) is 9.59 Å². The molecule has 27 heavy (non-hydrogen) atoms. The lowest BCUT2D eigenvalue weighted by Crippen LogP contribution is -2.51. The molecule has 2 amide bonds. The molecule has 0 bridgehead atoms. The maximum atomic E-state index is 12.4. The lowest BCUT2D eigenvalue weighted by Gasteiger charge is -2.36. The first kappa shape index (κ1) is 18.9. The van der Waals surface area contributed by atoms with E-state index in [1.54, 1.807) is 4.90 Å². The second-order valence-corrected chi connectivity index (χ2v) is 6.81. The van der Waals surface area contributed by atoms with Crippen molar-refractivity contribution in [2.24, 2.45) is 5.73 Å². The molecule has 6 nitrogen and oxygen atoms in total. The monoisotopic (exact) mass is 366 g/mol. The predicted octanol–water partition coefficient (Wildman–Crippen LogP) is 1.46. The number of piperazine rings is 1. The minimum atomic E-state index is -0.770. The van der Waals surface area contributed by atoms with Crippen LogP contribution in [0.25, 0.3) is 0 Å². The molecule has 0 aliphatic carbocycles. The molecule has 6 heteroatoms. The van der Waals surface area contributed by atoms with E-state index in [-0.39, 0.29) is 18.4 Å². The van der Waals surface area contributed by atoms with Gasteiger partial charge in [0.15, 0.2) is 0 Å². The average molecular weight is 366 g/mol. The van der Waals surface area contributed by atoms with Crippen molar-refractivity contribution in [3.05, 3.63) is 65.7 Å². The molecule has 0 saturated carbocycles. The van der Waals surface area contributed by atoms with Crippen LogP contribution in [0.3, 0.4) is 0 Å². The van der Waals surface area contributed by atoms with Gasteiger partial charge in [-0.25, -0.2) is 0 Å². The molecule has 1 heterocycles. The summed E-state index contributed by atoms with van der Waals surface area (Å²) in [7, 11) is 0. The highest BCUT2D eigenvalue weighted by atomic mass is 16.2. The molecule has 1 aliphatic rings. The van der Waals surface area contributed by atoms with Gasteiger partial charge in [0.2, 0.25) is 11.8 Å². The summed E-state index contributed by atoms with van der Waals surface area (Å²) in [6.45, 7) is 4.82. The van der Waals surface area contributed by atoms with Crippen LogP contribution in [0.1, 0.15) is 17.2 Å². The van der Waals surface area contributed by atoms with Gasteiger partial charge in [-0.1, -0.05) is 48.0 Å². The summed E-state index contributed by atoms with van der Waals surface area (Å²) in [5, 5.41) is 2.67. The van der Waals surface area contributed by atoms with Crippen molar-refractivity contribution >= 4 is 17.5 Å². The summed E-state index contributed by atoms with van der Waals surface area (Å²) in [6, 6.07) is 16.9. The molecule has 0 spiro atoms. The number of amides is 2. The molecule has 2 aromatic rings. The maximum Gasteiger partial charge on any atom is 0.242 e. The standard InChI is InChI=1S/C21H26N4O2/c1-16-7-9-17(10-8-16)20(22)21(27)23-15-19(26)25-13-11-24(12-14-25)18-5-3-2-4-6-18/h2-10,20H,11-15,22H2,1H3,(H,23,27). The van der Waals surface area contributed by atoms with Gasteiger partial charge in [0.05, 0.1) is 6.54 Å². The summed E-state index contributed by atoms with van der Waals surface area (Å²) in [4.78, 5) is 28.7. The first-order valence-corrected chi connectivity index (χ1v) is 9.22. The van der Waals surface area contributed by atoms with Gasteiger partial charge >= 0.3 is 0 Å². The fourth-order valence-electron chi connectivity index (χ4n) is 3.16. The normalized spacial score (nSPS) is 15.3. The SMILES string of the molecule is Cc1ccc(C(N)C(=O)NCC(=O)N2CCN(c3ccccc3)CC2)cc1. The molecule has 0 radical (unpaired) electrons. The quantitative estimate of drug-likeness (QED) is 0.840. The first-order chi connectivity index (χ1) is 13.0. The number of nitrogens with zero attached hydrogens (tertiary/aromatic N) is 2. The molecule has 0 aromatic heterocycles. The molecule has 3 rings (SSSR count). The Bertz CT molecular complexity index is 769. The van der Waals surface area contributed by atoms with E-state index in [2.05, 4.69) is 22.3 Å². The van der Waals surface area contributed by atoms with Gasteiger partial charge in [0, 0.05) is 31.9 Å². The Morgan fingerprint density at radius 2 is 1.63 bits per heavy atom. The van der Waals surface area contributed by atoms with Crippen LogP contribution in [-0.4, -0.2) is 49.4 Å². The van der Waals surface area contributed by atoms with Gasteiger partial charge in [-0.2, -0.15) is 0 Å². The van der Waals surface area contributed by atoms with Gasteiger partial charge < -0.3 is 20.9 Å². The molecular weight excluding hydrogens is 340 g/mol. The number of carbonyl (C=O) groups excluding carboxylic acids is 2. The topological polar surface area (TPSA) is 78.7 Å². The summed E-state index contributed by atoms with van der Waals surface area (Å²) >= 11 is 0. The Morgan fingerprint density at radius 3 is 2.26 bits per heavy atom. The van der Waals surface area contributed by atoms with Gasteiger partial charge in [0.25, 0.3) is 0 Å². The minimum absolute atomic E-state index is 0.0241. The predicted molar refractivity (Wildman–Crippen MR) is 106 cm³/mol. The fraction of sp³-hybridized carbons (Fsp3) is 0.333. The number of anilines is 1. The lowest BCUT2D eigenvalue weighted by atomic mass is 10.1. The van der Waals surface area contributed by atoms with Crippen molar-refractivity contribution in [1.29, 1.82) is 0 Å². The van der Waals surface area contributed by atoms with Crippen molar-refractivity contribution in [3.63, 3.8) is 0 Å². The fourth-order valence-corrected chi connectivity index (χ4v) is 3.16. The summed E-state index contributed by atoms with van der Waals surface area (Å²) in [6.07, 6.45) is 0. The third kappa shape index (κ3) is 4.86. The summed E-state index contributed by atoms with van der Waals surface area (Å²) in [5.41, 5.74) is 9.01. The zero-order valence-corrected chi connectivity index (χ0v) is 15.6. The smallest absolute Gasteiger partial charge is 0.242 e. The van der Waals surface area contributed by atoms with Crippen molar-refractivity contribution in [3.8, 4) is 0 Å². The Kier molecular flexibility index (Phi) is 6.08. The van der Waals surface area contributed by atoms with E-state index in [1.807, 2.05) is 49.4 Å². The van der Waals surface area contributed by atoms with Crippen molar-refractivity contribution < 1.29 is 9.59 Å². The summed E-state index contributed by atoms with van der Waals surface area (Å²) in [5.74, 6) is -0.415. The van der Waals surface area contributed by atoms with Crippen molar-refractivity contribution in [2.75, 3.05) is 37.6 Å². The molecule has 142 valence electrons. The molecule has 1 atom stereocenters. The van der Waals surface area contributed by atoms with Crippen LogP contribution in [0.15, 0.2) is 54.6 Å². The highest BCUT2D eigenvalue weighted by Crippen LogP contribution is 2.15. The number of nitrogens with two attached hydrogens (primary N) is 1. The Morgan fingerprint density at radius 1 is 1.00 bits per heavy atom. The van der Waals surface area contributed by atoms with Crippen LogP contribution in [0.5, 0.6) is 0 Å². The highest BCUT2D eigenvalue weighted by molar-refractivity contribution is 5.88. The zero-order valence-electron chi connectivity index (χ0n) is 15.6. The van der Waals surface area contributed by atoms with Gasteiger partial charge in [-0.15, -0.1) is 0 Å². The van der Waals surface area contributed by atoms with Crippen LogP contribution in [0.2, 0.25) is 0 Å². The van der Waals surface area contributed by atoms with E-state index >= 15 is 0 Å². The number of aryl methyl sites for hydroxylation is 1. The van der Waals surface area contributed by atoms with Crippen molar-refractivity contribution in [1.82, 2.24) is 10.2 Å². The zero-order chi connectivity index (χ0) is 19.2. The van der Waals surface area contributed by atoms with E-state index in [0.717, 1.165) is 24.2 Å². The molecule has 3 N–H and O–H groups in total. The summed E-state index contributed by atoms with van der Waals surface area (Å²) < 4.78 is 0. The number of rotatable bonds is 5. The van der Waals surface area contributed by atoms with E-state index in [0.29, 0.717) is 13.1 Å². The minimum Gasteiger partial charge on any atom is -0.368 e. The number of benzene rings is 2. The molecule has 2 aromatic carbocycles. The Hall–Kier alpha value is -2.86. The highest BCUT2D eigenvalue weighted by Gasteiger charge is 2.22. The first-order valence-electron chi connectivity index (χ1n) is 9.22. The number of hydrogen-bond acceptors (Lipinski definition) is 4. The number of nitrogens with one attached hydrogen (secondary N) is 1. The second kappa shape index (κ2) is 8.68. The van der Waals surface area contributed by atoms with Gasteiger partial charge in [0.1, 0.15) is 6.04 Å². The molecule has 1 fully saturated rings. The Labute approximate surface area is 159 Å². The van der Waals surface area contributed by atoms with E-state index < -0.39 is 6.04 Å². The van der Waals surface area contributed by atoms with Crippen LogP contribution in [0, 0.1) is 6.92 Å². The van der Waals surface area contributed by atoms with E-state index in [4.69, 9.17) is 5.73 Å². The number of para-hydroxylation sites is 1. The largest absolute Gasteiger partial charge is 0.368 e. The molecule has 1 unspecified atom stereocenters. The molecule has 1 saturated heterocycles. The van der Waals surface area contributed by atoms with Crippen LogP contribution in [-0.2, 0) is 9.59 Å². The second-order valence-electron chi connectivity index (χ2n) is 6.81. The van der Waals surface area contributed by atoms with Gasteiger partial charge in [-0.05, 0) is 24.6 Å². The van der Waals surface area contributed by atoms with Crippen LogP contribution >= 0.6 is 0 Å². The number of carbonyl (C=O) groups is 2. The number of hydrogen-bond donors (Lipinski definition) is 2. The Balaban J connectivity index is 1.45. The average Bonchev–Trinajstić information content (AvgIpc) is 2.72. The maximum absolute atomic E-state index is 12.4. The van der Waals surface area contributed by atoms with Crippen molar-refractivity contribution in [2.45, 2.75) is 13.0 Å².